The zero-order valence-corrected chi connectivity index (χ0v) is 13.7. The maximum Gasteiger partial charge on any atom is 0.119 e. The third-order valence-electron chi connectivity index (χ3n) is 3.11. The van der Waals surface area contributed by atoms with Crippen LogP contribution >= 0.6 is 27.3 Å². The van der Waals surface area contributed by atoms with Crippen LogP contribution in [0.25, 0.3) is 0 Å². The Labute approximate surface area is 126 Å². The van der Waals surface area contributed by atoms with E-state index in [0.29, 0.717) is 6.04 Å². The van der Waals surface area contributed by atoms with Gasteiger partial charge >= 0.3 is 0 Å². The minimum Gasteiger partial charge on any atom is -0.497 e. The van der Waals surface area contributed by atoms with Crippen molar-refractivity contribution in [3.8, 4) is 5.75 Å². The molecular weight excluding hydrogens is 322 g/mol. The van der Waals surface area contributed by atoms with Crippen molar-refractivity contribution >= 4 is 27.3 Å². The lowest BCUT2D eigenvalue weighted by molar-refractivity contribution is 0.412. The average molecular weight is 340 g/mol. The van der Waals surface area contributed by atoms with E-state index >= 15 is 0 Å². The van der Waals surface area contributed by atoms with E-state index in [0.717, 1.165) is 5.75 Å². The zero-order chi connectivity index (χ0) is 13.8. The number of rotatable bonds is 5. The van der Waals surface area contributed by atoms with Gasteiger partial charge in [0.1, 0.15) is 5.75 Å². The molecule has 1 N–H and O–H groups in total. The topological polar surface area (TPSA) is 21.3 Å². The molecule has 0 aliphatic heterocycles. The van der Waals surface area contributed by atoms with E-state index in [1.807, 2.05) is 12.1 Å². The number of methoxy groups -OCH3 is 1. The monoisotopic (exact) mass is 339 g/mol. The van der Waals surface area contributed by atoms with Gasteiger partial charge in [0.25, 0.3) is 0 Å². The van der Waals surface area contributed by atoms with Gasteiger partial charge in [-0.2, -0.15) is 0 Å². The number of nitrogens with one attached hydrogen (secondary N) is 1. The van der Waals surface area contributed by atoms with Gasteiger partial charge in [-0.1, -0.05) is 12.1 Å². The maximum atomic E-state index is 5.27. The van der Waals surface area contributed by atoms with Crippen LogP contribution in [0.3, 0.4) is 0 Å². The Balaban J connectivity index is 2.05. The van der Waals surface area contributed by atoms with Crippen LogP contribution in [0.4, 0.5) is 0 Å². The van der Waals surface area contributed by atoms with Crippen molar-refractivity contribution in [2.24, 2.45) is 0 Å². The van der Waals surface area contributed by atoms with Gasteiger partial charge in [-0.15, -0.1) is 11.3 Å². The summed E-state index contributed by atoms with van der Waals surface area (Å²) >= 11 is 5.27. The van der Waals surface area contributed by atoms with E-state index in [1.165, 1.54) is 14.2 Å². The highest BCUT2D eigenvalue weighted by molar-refractivity contribution is 9.11. The number of ether oxygens (including phenoxy) is 1. The Morgan fingerprint density at radius 1 is 1.16 bits per heavy atom. The fourth-order valence-electron chi connectivity index (χ4n) is 2.03. The van der Waals surface area contributed by atoms with Crippen molar-refractivity contribution in [1.29, 1.82) is 0 Å². The SMILES string of the molecule is COc1cccc([C@@H](C)NC(C)c2ccc(Br)s2)c1. The molecule has 2 atom stereocenters. The molecule has 0 bridgehead atoms. The largest absolute Gasteiger partial charge is 0.497 e. The molecule has 2 rings (SSSR count). The molecule has 1 aromatic heterocycles. The lowest BCUT2D eigenvalue weighted by Gasteiger charge is -2.20. The predicted octanol–water partition coefficient (Wildman–Crippen LogP) is 4.93. The lowest BCUT2D eigenvalue weighted by atomic mass is 10.1. The van der Waals surface area contributed by atoms with E-state index in [1.54, 1.807) is 18.4 Å². The van der Waals surface area contributed by atoms with Crippen molar-refractivity contribution in [3.05, 3.63) is 50.6 Å². The molecule has 0 fully saturated rings. The summed E-state index contributed by atoms with van der Waals surface area (Å²) in [5, 5.41) is 3.61. The number of hydrogen-bond donors (Lipinski definition) is 1. The normalized spacial score (nSPS) is 14.1. The van der Waals surface area contributed by atoms with Crippen LogP contribution in [0.2, 0.25) is 0 Å². The van der Waals surface area contributed by atoms with Crippen LogP contribution in [0.5, 0.6) is 5.75 Å². The van der Waals surface area contributed by atoms with Gasteiger partial charge in [-0.3, -0.25) is 0 Å². The molecule has 0 aliphatic carbocycles. The van der Waals surface area contributed by atoms with Gasteiger partial charge in [0, 0.05) is 17.0 Å². The van der Waals surface area contributed by atoms with Gasteiger partial charge < -0.3 is 10.1 Å². The summed E-state index contributed by atoms with van der Waals surface area (Å²) in [6.45, 7) is 4.36. The third kappa shape index (κ3) is 3.81. The summed E-state index contributed by atoms with van der Waals surface area (Å²) in [5.74, 6) is 0.901. The highest BCUT2D eigenvalue weighted by Gasteiger charge is 2.13. The smallest absolute Gasteiger partial charge is 0.119 e. The molecule has 102 valence electrons. The van der Waals surface area contributed by atoms with Gasteiger partial charge in [0.05, 0.1) is 10.9 Å². The van der Waals surface area contributed by atoms with Gasteiger partial charge in [-0.05, 0) is 59.6 Å². The van der Waals surface area contributed by atoms with E-state index in [-0.39, 0.29) is 6.04 Å². The summed E-state index contributed by atoms with van der Waals surface area (Å²) in [4.78, 5) is 1.33. The molecule has 19 heavy (non-hydrogen) atoms. The minimum absolute atomic E-state index is 0.283. The first-order chi connectivity index (χ1) is 9.10. The number of halogens is 1. The standard InChI is InChI=1S/C15H18BrNOS/c1-10(12-5-4-6-13(9-12)18-3)17-11(2)14-7-8-15(16)19-14/h4-11,17H,1-3H3/t10-,11?/m1/s1. The molecule has 0 saturated heterocycles. The maximum absolute atomic E-state index is 5.27. The molecule has 1 unspecified atom stereocenters. The van der Waals surface area contributed by atoms with Crippen LogP contribution in [-0.2, 0) is 0 Å². The first kappa shape index (κ1) is 14.6. The first-order valence-corrected chi connectivity index (χ1v) is 7.86. The fourth-order valence-corrected chi connectivity index (χ4v) is 3.46. The lowest BCUT2D eigenvalue weighted by Crippen LogP contribution is -2.21. The zero-order valence-electron chi connectivity index (χ0n) is 11.3. The van der Waals surface area contributed by atoms with Crippen molar-refractivity contribution in [1.82, 2.24) is 5.32 Å². The average Bonchev–Trinajstić information content (AvgIpc) is 2.85. The van der Waals surface area contributed by atoms with Gasteiger partial charge in [0.15, 0.2) is 0 Å². The molecule has 1 heterocycles. The van der Waals surface area contributed by atoms with Crippen molar-refractivity contribution in [2.45, 2.75) is 25.9 Å². The summed E-state index contributed by atoms with van der Waals surface area (Å²) in [5.41, 5.74) is 1.24. The molecule has 4 heteroatoms. The van der Waals surface area contributed by atoms with Crippen molar-refractivity contribution in [3.63, 3.8) is 0 Å². The van der Waals surface area contributed by atoms with Crippen LogP contribution in [-0.4, -0.2) is 7.11 Å². The second-order valence-corrected chi connectivity index (χ2v) is 7.02. The molecule has 1 aromatic carbocycles. The molecule has 0 spiro atoms. The molecule has 0 radical (unpaired) electrons. The highest BCUT2D eigenvalue weighted by atomic mass is 79.9. The molecule has 0 aliphatic rings. The van der Waals surface area contributed by atoms with Gasteiger partial charge in [-0.25, -0.2) is 0 Å². The number of hydrogen-bond acceptors (Lipinski definition) is 3. The second kappa shape index (κ2) is 6.55. The fraction of sp³-hybridized carbons (Fsp3) is 0.333. The molecular formula is C15H18BrNOS. The summed E-state index contributed by atoms with van der Waals surface area (Å²) in [7, 11) is 1.70. The first-order valence-electron chi connectivity index (χ1n) is 6.25. The van der Waals surface area contributed by atoms with Crippen LogP contribution < -0.4 is 10.1 Å². The van der Waals surface area contributed by atoms with E-state index in [9.17, 15) is 0 Å². The summed E-state index contributed by atoms with van der Waals surface area (Å²) < 4.78 is 6.44. The van der Waals surface area contributed by atoms with Crippen molar-refractivity contribution in [2.75, 3.05) is 7.11 Å². The third-order valence-corrected chi connectivity index (χ3v) is 4.92. The molecule has 2 nitrogen and oxygen atoms in total. The highest BCUT2D eigenvalue weighted by Crippen LogP contribution is 2.29. The Hall–Kier alpha value is -0.840. The van der Waals surface area contributed by atoms with Crippen LogP contribution in [0.15, 0.2) is 40.2 Å². The Morgan fingerprint density at radius 2 is 1.95 bits per heavy atom. The quantitative estimate of drug-likeness (QED) is 0.833. The predicted molar refractivity (Wildman–Crippen MR) is 85.0 cm³/mol. The van der Waals surface area contributed by atoms with Crippen LogP contribution in [0, 0.1) is 0 Å². The summed E-state index contributed by atoms with van der Waals surface area (Å²) in [6, 6.07) is 13.1. The molecule has 0 saturated carbocycles. The minimum atomic E-state index is 0.283. The Bertz CT molecular complexity index is 540. The second-order valence-electron chi connectivity index (χ2n) is 4.53. The molecule has 2 aromatic rings. The molecule has 0 amide bonds. The number of benzene rings is 1. The number of thiophene rings is 1. The van der Waals surface area contributed by atoms with E-state index in [2.05, 4.69) is 59.4 Å². The van der Waals surface area contributed by atoms with E-state index < -0.39 is 0 Å². The Morgan fingerprint density at radius 3 is 2.58 bits per heavy atom. The van der Waals surface area contributed by atoms with Gasteiger partial charge in [0.2, 0.25) is 0 Å². The summed E-state index contributed by atoms with van der Waals surface area (Å²) in [6.07, 6.45) is 0. The van der Waals surface area contributed by atoms with E-state index in [4.69, 9.17) is 4.74 Å². The Kier molecular flexibility index (Phi) is 5.02. The van der Waals surface area contributed by atoms with Crippen molar-refractivity contribution < 1.29 is 4.74 Å². The van der Waals surface area contributed by atoms with Crippen LogP contribution in [0.1, 0.15) is 36.4 Å².